The maximum atomic E-state index is 11.8. The summed E-state index contributed by atoms with van der Waals surface area (Å²) in [5.74, 6) is 0. The van der Waals surface area contributed by atoms with Gasteiger partial charge in [-0.05, 0) is 23.3 Å². The Kier molecular flexibility index (Phi) is 2.99. The van der Waals surface area contributed by atoms with Gasteiger partial charge in [-0.3, -0.25) is 14.3 Å². The van der Waals surface area contributed by atoms with Crippen molar-refractivity contribution in [2.45, 2.75) is 13.5 Å². The number of aromatic amines is 1. The number of hydrogen-bond acceptors (Lipinski definition) is 2. The van der Waals surface area contributed by atoms with Gasteiger partial charge in [0.2, 0.25) is 0 Å². The number of nitrogens with one attached hydrogen (secondary N) is 1. The molecule has 0 spiro atoms. The molecule has 0 aliphatic rings. The number of rotatable bonds is 2. The van der Waals surface area contributed by atoms with Crippen LogP contribution in [0, 0.1) is 6.92 Å². The standard InChI is InChI=1S/C16H14N2O2/c1-11-9-18(16(20)17-15(11)19)10-13-7-4-6-12-5-2-3-8-14(12)13/h2-9H,10H2,1H3,(H,17,19,20). The zero-order valence-corrected chi connectivity index (χ0v) is 11.1. The molecular weight excluding hydrogens is 252 g/mol. The van der Waals surface area contributed by atoms with Crippen LogP contribution in [-0.2, 0) is 6.54 Å². The smallest absolute Gasteiger partial charge is 0.296 e. The summed E-state index contributed by atoms with van der Waals surface area (Å²) in [6.07, 6.45) is 1.60. The molecule has 0 atom stereocenters. The first kappa shape index (κ1) is 12.4. The second kappa shape index (κ2) is 4.81. The third-order valence-electron chi connectivity index (χ3n) is 3.41. The van der Waals surface area contributed by atoms with Gasteiger partial charge >= 0.3 is 5.69 Å². The Morgan fingerprint density at radius 1 is 1.05 bits per heavy atom. The molecular formula is C16H14N2O2. The molecule has 0 bridgehead atoms. The minimum absolute atomic E-state index is 0.329. The lowest BCUT2D eigenvalue weighted by Crippen LogP contribution is -2.31. The molecule has 3 rings (SSSR count). The number of nitrogens with zero attached hydrogens (tertiary/aromatic N) is 1. The number of aromatic nitrogens is 2. The summed E-state index contributed by atoms with van der Waals surface area (Å²) in [5, 5.41) is 2.25. The fourth-order valence-corrected chi connectivity index (χ4v) is 2.35. The molecule has 0 unspecified atom stereocenters. The van der Waals surface area contributed by atoms with Gasteiger partial charge in [-0.15, -0.1) is 0 Å². The first-order valence-corrected chi connectivity index (χ1v) is 6.42. The van der Waals surface area contributed by atoms with E-state index < -0.39 is 0 Å². The van der Waals surface area contributed by atoms with Crippen molar-refractivity contribution >= 4 is 10.8 Å². The molecule has 2 aromatic carbocycles. The Labute approximate surface area is 115 Å². The molecule has 0 aliphatic heterocycles. The fraction of sp³-hybridized carbons (Fsp3) is 0.125. The zero-order chi connectivity index (χ0) is 14.1. The summed E-state index contributed by atoms with van der Waals surface area (Å²) in [6.45, 7) is 2.13. The van der Waals surface area contributed by atoms with Crippen LogP contribution in [0.15, 0.2) is 58.3 Å². The van der Waals surface area contributed by atoms with Crippen molar-refractivity contribution in [3.63, 3.8) is 0 Å². The number of fused-ring (bicyclic) bond motifs is 1. The van der Waals surface area contributed by atoms with Crippen LogP contribution in [-0.4, -0.2) is 9.55 Å². The Balaban J connectivity index is 2.13. The topological polar surface area (TPSA) is 54.9 Å². The van der Waals surface area contributed by atoms with E-state index in [9.17, 15) is 9.59 Å². The largest absolute Gasteiger partial charge is 0.328 e. The lowest BCUT2D eigenvalue weighted by atomic mass is 10.0. The van der Waals surface area contributed by atoms with Crippen LogP contribution < -0.4 is 11.2 Å². The number of hydrogen-bond donors (Lipinski definition) is 1. The Morgan fingerprint density at radius 3 is 2.65 bits per heavy atom. The van der Waals surface area contributed by atoms with Crippen molar-refractivity contribution < 1.29 is 0 Å². The van der Waals surface area contributed by atoms with Crippen LogP contribution in [0.4, 0.5) is 0 Å². The van der Waals surface area contributed by atoms with E-state index in [1.54, 1.807) is 13.1 Å². The third-order valence-corrected chi connectivity index (χ3v) is 3.41. The molecule has 1 heterocycles. The van der Waals surface area contributed by atoms with Gasteiger partial charge in [-0.25, -0.2) is 4.79 Å². The van der Waals surface area contributed by atoms with Crippen molar-refractivity contribution in [3.8, 4) is 0 Å². The van der Waals surface area contributed by atoms with Gasteiger partial charge in [-0.1, -0.05) is 42.5 Å². The minimum atomic E-state index is -0.381. The Morgan fingerprint density at radius 2 is 1.80 bits per heavy atom. The lowest BCUT2D eigenvalue weighted by molar-refractivity contribution is 0.717. The quantitative estimate of drug-likeness (QED) is 0.771. The van der Waals surface area contributed by atoms with Crippen LogP contribution in [0.5, 0.6) is 0 Å². The second-order valence-electron chi connectivity index (χ2n) is 4.84. The lowest BCUT2D eigenvalue weighted by Gasteiger charge is -2.09. The third kappa shape index (κ3) is 2.16. The highest BCUT2D eigenvalue weighted by atomic mass is 16.2. The van der Waals surface area contributed by atoms with Crippen molar-refractivity contribution in [2.24, 2.45) is 0 Å². The molecule has 1 aromatic heterocycles. The number of aryl methyl sites for hydroxylation is 1. The van der Waals surface area contributed by atoms with Gasteiger partial charge < -0.3 is 0 Å². The van der Waals surface area contributed by atoms with E-state index in [0.29, 0.717) is 12.1 Å². The molecule has 100 valence electrons. The van der Waals surface area contributed by atoms with E-state index >= 15 is 0 Å². The average molecular weight is 266 g/mol. The van der Waals surface area contributed by atoms with Gasteiger partial charge in [0.15, 0.2) is 0 Å². The number of benzene rings is 2. The maximum Gasteiger partial charge on any atom is 0.328 e. The van der Waals surface area contributed by atoms with Crippen LogP contribution >= 0.6 is 0 Å². The normalized spacial score (nSPS) is 10.8. The van der Waals surface area contributed by atoms with Gasteiger partial charge in [0.25, 0.3) is 5.56 Å². The molecule has 20 heavy (non-hydrogen) atoms. The van der Waals surface area contributed by atoms with Crippen molar-refractivity contribution in [1.29, 1.82) is 0 Å². The summed E-state index contributed by atoms with van der Waals surface area (Å²) in [7, 11) is 0. The van der Waals surface area contributed by atoms with E-state index in [4.69, 9.17) is 0 Å². The average Bonchev–Trinajstić information content (AvgIpc) is 2.45. The Bertz CT molecular complexity index is 885. The van der Waals surface area contributed by atoms with Gasteiger partial charge in [0.05, 0.1) is 6.54 Å². The van der Waals surface area contributed by atoms with Crippen molar-refractivity contribution in [2.75, 3.05) is 0 Å². The Hall–Kier alpha value is -2.62. The summed E-state index contributed by atoms with van der Waals surface area (Å²) in [4.78, 5) is 25.6. The summed E-state index contributed by atoms with van der Waals surface area (Å²) < 4.78 is 1.53. The van der Waals surface area contributed by atoms with Crippen LogP contribution in [0.2, 0.25) is 0 Å². The number of H-pyrrole nitrogens is 1. The van der Waals surface area contributed by atoms with Crippen LogP contribution in [0.1, 0.15) is 11.1 Å². The highest BCUT2D eigenvalue weighted by Gasteiger charge is 2.04. The molecule has 1 N–H and O–H groups in total. The second-order valence-corrected chi connectivity index (χ2v) is 4.84. The first-order valence-electron chi connectivity index (χ1n) is 6.42. The molecule has 0 amide bonds. The van der Waals surface area contributed by atoms with Crippen molar-refractivity contribution in [3.05, 3.63) is 80.6 Å². The van der Waals surface area contributed by atoms with Gasteiger partial charge in [0, 0.05) is 11.8 Å². The molecule has 0 saturated heterocycles. The summed E-state index contributed by atoms with van der Waals surface area (Å²) >= 11 is 0. The molecule has 0 radical (unpaired) electrons. The fourth-order valence-electron chi connectivity index (χ4n) is 2.35. The monoisotopic (exact) mass is 266 g/mol. The highest BCUT2D eigenvalue weighted by molar-refractivity contribution is 5.85. The minimum Gasteiger partial charge on any atom is -0.296 e. The molecule has 0 aliphatic carbocycles. The maximum absolute atomic E-state index is 11.8. The summed E-state index contributed by atoms with van der Waals surface area (Å²) in [6, 6.07) is 14.1. The van der Waals surface area contributed by atoms with E-state index in [0.717, 1.165) is 16.3 Å². The van der Waals surface area contributed by atoms with E-state index in [2.05, 4.69) is 4.98 Å². The molecule has 0 saturated carbocycles. The first-order chi connectivity index (χ1) is 9.65. The van der Waals surface area contributed by atoms with Gasteiger partial charge in [-0.2, -0.15) is 0 Å². The highest BCUT2D eigenvalue weighted by Crippen LogP contribution is 2.18. The molecule has 0 fully saturated rings. The van der Waals surface area contributed by atoms with Crippen LogP contribution in [0.3, 0.4) is 0 Å². The van der Waals surface area contributed by atoms with E-state index in [-0.39, 0.29) is 11.2 Å². The zero-order valence-electron chi connectivity index (χ0n) is 11.1. The summed E-state index contributed by atoms with van der Waals surface area (Å²) in [5.41, 5.74) is 0.874. The SMILES string of the molecule is Cc1cn(Cc2cccc3ccccc23)c(=O)[nH]c1=O. The van der Waals surface area contributed by atoms with E-state index in [1.165, 1.54) is 4.57 Å². The van der Waals surface area contributed by atoms with Crippen molar-refractivity contribution in [1.82, 2.24) is 9.55 Å². The molecule has 4 heteroatoms. The van der Waals surface area contributed by atoms with E-state index in [1.807, 2.05) is 42.5 Å². The molecule has 4 nitrogen and oxygen atoms in total. The predicted molar refractivity (Wildman–Crippen MR) is 79.1 cm³/mol. The molecule has 3 aromatic rings. The predicted octanol–water partition coefficient (Wildman–Crippen LogP) is 2.05. The van der Waals surface area contributed by atoms with Crippen LogP contribution in [0.25, 0.3) is 10.8 Å². The van der Waals surface area contributed by atoms with Gasteiger partial charge in [0.1, 0.15) is 0 Å².